The van der Waals surface area contributed by atoms with E-state index < -0.39 is 11.8 Å². The number of amides is 2. The van der Waals surface area contributed by atoms with Gasteiger partial charge in [0.15, 0.2) is 16.6 Å². The lowest BCUT2D eigenvalue weighted by Crippen LogP contribution is -2.54. The Labute approximate surface area is 177 Å². The molecular weight excluding hydrogens is 416 g/mol. The van der Waals surface area contributed by atoms with Crippen molar-refractivity contribution in [2.75, 3.05) is 26.2 Å². The zero-order chi connectivity index (χ0) is 21.1. The summed E-state index contributed by atoms with van der Waals surface area (Å²) in [5.41, 5.74) is 0.689. The fourth-order valence-corrected chi connectivity index (χ4v) is 3.40. The molecule has 150 valence electrons. The van der Waals surface area contributed by atoms with Crippen molar-refractivity contribution in [1.82, 2.24) is 5.32 Å². The number of methoxy groups -OCH3 is 3. The Morgan fingerprint density at radius 1 is 1.00 bits per heavy atom. The van der Waals surface area contributed by atoms with Gasteiger partial charge in [-0.3, -0.25) is 19.8 Å². The maximum atomic E-state index is 13.1. The van der Waals surface area contributed by atoms with Crippen molar-refractivity contribution in [3.05, 3.63) is 52.6 Å². The number of ether oxygens (including phenoxy) is 3. The lowest BCUT2D eigenvalue weighted by molar-refractivity contribution is -0.122. The van der Waals surface area contributed by atoms with Crippen LogP contribution in [0, 0.1) is 0 Å². The average Bonchev–Trinajstić information content (AvgIpc) is 2.71. The molecule has 0 bridgehead atoms. The first-order chi connectivity index (χ1) is 13.9. The molecule has 0 unspecified atom stereocenters. The number of hydrogen-bond donors (Lipinski definition) is 1. The third kappa shape index (κ3) is 3.76. The van der Waals surface area contributed by atoms with Crippen LogP contribution in [0.15, 0.2) is 42.0 Å². The molecule has 2 aromatic carbocycles. The minimum Gasteiger partial charge on any atom is -0.493 e. The second-order valence-corrected chi connectivity index (χ2v) is 6.63. The predicted octanol–water partition coefficient (Wildman–Crippen LogP) is 3.20. The smallest absolute Gasteiger partial charge is 0.270 e. The second-order valence-electron chi connectivity index (χ2n) is 5.83. The van der Waals surface area contributed by atoms with Crippen molar-refractivity contribution in [2.24, 2.45) is 0 Å². The van der Waals surface area contributed by atoms with Crippen molar-refractivity contribution in [1.29, 1.82) is 0 Å². The van der Waals surface area contributed by atoms with E-state index in [2.05, 4.69) is 5.32 Å². The standard InChI is InChI=1S/C20H17ClN2O5S/c1-26-15-9-8-11(16(27-2)17(15)28-3)10-12-18(24)22-20(29)23(19(12)25)14-7-5-4-6-13(14)21/h4-10H,1-3H3,(H,22,24,29). The van der Waals surface area contributed by atoms with E-state index in [9.17, 15) is 9.59 Å². The lowest BCUT2D eigenvalue weighted by atomic mass is 10.1. The van der Waals surface area contributed by atoms with Crippen molar-refractivity contribution in [2.45, 2.75) is 0 Å². The average molecular weight is 433 g/mol. The molecule has 9 heteroatoms. The monoisotopic (exact) mass is 432 g/mol. The molecule has 0 atom stereocenters. The highest BCUT2D eigenvalue weighted by molar-refractivity contribution is 7.80. The number of hydrogen-bond acceptors (Lipinski definition) is 6. The molecule has 1 heterocycles. The van der Waals surface area contributed by atoms with Crippen LogP contribution in [0.5, 0.6) is 17.2 Å². The van der Waals surface area contributed by atoms with E-state index in [1.807, 2.05) is 0 Å². The van der Waals surface area contributed by atoms with Crippen LogP contribution in [0.25, 0.3) is 6.08 Å². The summed E-state index contributed by atoms with van der Waals surface area (Å²) in [5.74, 6) is -0.127. The molecule has 2 amide bonds. The fourth-order valence-electron chi connectivity index (χ4n) is 2.90. The maximum absolute atomic E-state index is 13.1. The molecule has 29 heavy (non-hydrogen) atoms. The van der Waals surface area contributed by atoms with E-state index in [1.165, 1.54) is 32.3 Å². The molecule has 2 aromatic rings. The molecule has 0 saturated carbocycles. The Balaban J connectivity index is 2.12. The molecule has 0 radical (unpaired) electrons. The highest BCUT2D eigenvalue weighted by atomic mass is 35.5. The van der Waals surface area contributed by atoms with Crippen LogP contribution >= 0.6 is 23.8 Å². The van der Waals surface area contributed by atoms with Crippen molar-refractivity contribution >= 4 is 52.5 Å². The van der Waals surface area contributed by atoms with Gasteiger partial charge >= 0.3 is 0 Å². The Morgan fingerprint density at radius 2 is 1.69 bits per heavy atom. The number of nitrogens with zero attached hydrogens (tertiary/aromatic N) is 1. The highest BCUT2D eigenvalue weighted by Gasteiger charge is 2.35. The SMILES string of the molecule is COc1ccc(C=C2C(=O)NC(=S)N(c3ccccc3Cl)C2=O)c(OC)c1OC. The van der Waals surface area contributed by atoms with Crippen LogP contribution in [0.4, 0.5) is 5.69 Å². The molecule has 1 N–H and O–H groups in total. The summed E-state index contributed by atoms with van der Waals surface area (Å²) < 4.78 is 16.0. The van der Waals surface area contributed by atoms with Crippen LogP contribution in [0.1, 0.15) is 5.56 Å². The Kier molecular flexibility index (Phi) is 6.05. The summed E-state index contributed by atoms with van der Waals surface area (Å²) in [6, 6.07) is 10.0. The van der Waals surface area contributed by atoms with Crippen molar-refractivity contribution < 1.29 is 23.8 Å². The molecule has 1 saturated heterocycles. The van der Waals surface area contributed by atoms with Gasteiger partial charge < -0.3 is 14.2 Å². The minimum absolute atomic E-state index is 0.0514. The van der Waals surface area contributed by atoms with Crippen LogP contribution in [-0.2, 0) is 9.59 Å². The predicted molar refractivity (Wildman–Crippen MR) is 114 cm³/mol. The lowest BCUT2D eigenvalue weighted by Gasteiger charge is -2.29. The van der Waals surface area contributed by atoms with Gasteiger partial charge in [-0.05, 0) is 42.6 Å². The largest absolute Gasteiger partial charge is 0.493 e. The van der Waals surface area contributed by atoms with Gasteiger partial charge in [-0.15, -0.1) is 0 Å². The topological polar surface area (TPSA) is 77.1 Å². The molecule has 0 spiro atoms. The van der Waals surface area contributed by atoms with Gasteiger partial charge in [-0.25, -0.2) is 0 Å². The zero-order valence-electron chi connectivity index (χ0n) is 15.8. The van der Waals surface area contributed by atoms with Gasteiger partial charge in [0, 0.05) is 5.56 Å². The van der Waals surface area contributed by atoms with Crippen molar-refractivity contribution in [3.8, 4) is 17.2 Å². The number of rotatable bonds is 5. The number of benzene rings is 2. The van der Waals surface area contributed by atoms with E-state index in [1.54, 1.807) is 36.4 Å². The molecule has 7 nitrogen and oxygen atoms in total. The first-order valence-electron chi connectivity index (χ1n) is 8.37. The number of thiocarbonyl (C=S) groups is 1. The molecule has 3 rings (SSSR count). The summed E-state index contributed by atoms with van der Waals surface area (Å²) in [4.78, 5) is 26.8. The third-order valence-electron chi connectivity index (χ3n) is 4.23. The van der Waals surface area contributed by atoms with Gasteiger partial charge in [-0.1, -0.05) is 23.7 Å². The highest BCUT2D eigenvalue weighted by Crippen LogP contribution is 2.41. The maximum Gasteiger partial charge on any atom is 0.270 e. The summed E-state index contributed by atoms with van der Waals surface area (Å²) in [5, 5.41) is 2.79. The Bertz CT molecular complexity index is 1040. The normalized spacial score (nSPS) is 15.4. The Hall–Kier alpha value is -3.10. The summed E-state index contributed by atoms with van der Waals surface area (Å²) in [7, 11) is 4.41. The van der Waals surface area contributed by atoms with Gasteiger partial charge in [0.2, 0.25) is 5.75 Å². The van der Waals surface area contributed by atoms with E-state index >= 15 is 0 Å². The first-order valence-corrected chi connectivity index (χ1v) is 9.16. The summed E-state index contributed by atoms with van der Waals surface area (Å²) in [6.45, 7) is 0. The van der Waals surface area contributed by atoms with Crippen LogP contribution < -0.4 is 24.4 Å². The van der Waals surface area contributed by atoms with E-state index in [0.29, 0.717) is 33.5 Å². The van der Waals surface area contributed by atoms with Gasteiger partial charge in [0.25, 0.3) is 11.8 Å². The van der Waals surface area contributed by atoms with Crippen LogP contribution in [-0.4, -0.2) is 38.3 Å². The number of halogens is 1. The number of nitrogens with one attached hydrogen (secondary N) is 1. The molecule has 0 aromatic heterocycles. The van der Waals surface area contributed by atoms with Gasteiger partial charge in [0.05, 0.1) is 32.0 Å². The summed E-state index contributed by atoms with van der Waals surface area (Å²) in [6.07, 6.45) is 1.41. The van der Waals surface area contributed by atoms with Crippen molar-refractivity contribution in [3.63, 3.8) is 0 Å². The molecule has 1 fully saturated rings. The number of anilines is 1. The van der Waals surface area contributed by atoms with E-state index in [4.69, 9.17) is 38.0 Å². The van der Waals surface area contributed by atoms with Gasteiger partial charge in [0.1, 0.15) is 5.57 Å². The third-order valence-corrected chi connectivity index (χ3v) is 4.83. The number of carbonyl (C=O) groups is 2. The number of para-hydroxylation sites is 1. The van der Waals surface area contributed by atoms with Crippen LogP contribution in [0.2, 0.25) is 5.02 Å². The molecular formula is C20H17ClN2O5S. The van der Waals surface area contributed by atoms with Crippen LogP contribution in [0.3, 0.4) is 0 Å². The van der Waals surface area contributed by atoms with E-state index in [0.717, 1.165) is 0 Å². The minimum atomic E-state index is -0.625. The second kappa shape index (κ2) is 8.50. The molecule has 1 aliphatic heterocycles. The first kappa shape index (κ1) is 20.6. The molecule has 1 aliphatic rings. The Morgan fingerprint density at radius 3 is 2.31 bits per heavy atom. The quantitative estimate of drug-likeness (QED) is 0.444. The number of carbonyl (C=O) groups excluding carboxylic acids is 2. The fraction of sp³-hybridized carbons (Fsp3) is 0.150. The van der Waals surface area contributed by atoms with Gasteiger partial charge in [-0.2, -0.15) is 0 Å². The zero-order valence-corrected chi connectivity index (χ0v) is 17.4. The summed E-state index contributed by atoms with van der Waals surface area (Å²) >= 11 is 11.4. The van der Waals surface area contributed by atoms with E-state index in [-0.39, 0.29) is 10.7 Å². The molecule has 0 aliphatic carbocycles.